The summed E-state index contributed by atoms with van der Waals surface area (Å²) in [6.45, 7) is 1.73. The number of hydrogen-bond donors (Lipinski definition) is 5. The number of carbonyl (C=O) groups is 3. The second-order valence-electron chi connectivity index (χ2n) is 6.34. The van der Waals surface area contributed by atoms with Crippen LogP contribution in [0.15, 0.2) is 29.3 Å². The molecule has 0 saturated heterocycles. The van der Waals surface area contributed by atoms with Gasteiger partial charge in [0.1, 0.15) is 11.8 Å². The zero-order valence-electron chi connectivity index (χ0n) is 15.8. The fraction of sp³-hybridized carbons (Fsp3) is 0.444. The van der Waals surface area contributed by atoms with Gasteiger partial charge in [-0.15, -0.1) is 0 Å². The first-order chi connectivity index (χ1) is 13.2. The summed E-state index contributed by atoms with van der Waals surface area (Å²) in [6, 6.07) is 5.67. The summed E-state index contributed by atoms with van der Waals surface area (Å²) in [7, 11) is 0. The molecule has 0 heterocycles. The van der Waals surface area contributed by atoms with Gasteiger partial charge in [-0.05, 0) is 30.5 Å². The topological polar surface area (TPSA) is 183 Å². The highest BCUT2D eigenvalue weighted by atomic mass is 16.5. The first-order valence-corrected chi connectivity index (χ1v) is 8.77. The molecule has 2 amide bonds. The number of aliphatic imine (C=N–C) groups is 1. The number of rotatable bonds is 12. The van der Waals surface area contributed by atoms with Crippen molar-refractivity contribution in [2.75, 3.05) is 13.2 Å². The Balaban J connectivity index is 2.58. The Morgan fingerprint density at radius 1 is 1.18 bits per heavy atom. The summed E-state index contributed by atoms with van der Waals surface area (Å²) in [5, 5.41) is 11.3. The van der Waals surface area contributed by atoms with E-state index in [1.54, 1.807) is 31.2 Å². The van der Waals surface area contributed by atoms with Crippen LogP contribution in [-0.4, -0.2) is 48.0 Å². The van der Waals surface area contributed by atoms with E-state index in [1.807, 2.05) is 0 Å². The van der Waals surface area contributed by atoms with Crippen LogP contribution in [0.2, 0.25) is 0 Å². The number of nitrogens with zero attached hydrogens (tertiary/aromatic N) is 1. The zero-order chi connectivity index (χ0) is 21.1. The molecule has 154 valence electrons. The molecule has 0 bridgehead atoms. The molecule has 0 aliphatic carbocycles. The van der Waals surface area contributed by atoms with Crippen LogP contribution in [0.3, 0.4) is 0 Å². The van der Waals surface area contributed by atoms with Gasteiger partial charge in [0.2, 0.25) is 11.8 Å². The molecule has 10 nitrogen and oxygen atoms in total. The molecule has 0 aromatic heterocycles. The minimum absolute atomic E-state index is 0.00489. The van der Waals surface area contributed by atoms with Crippen LogP contribution in [0, 0.1) is 5.92 Å². The molecule has 0 fully saturated rings. The van der Waals surface area contributed by atoms with Crippen molar-refractivity contribution < 1.29 is 24.2 Å². The number of primary amides is 1. The van der Waals surface area contributed by atoms with Gasteiger partial charge in [0, 0.05) is 18.9 Å². The molecule has 1 rings (SSSR count). The van der Waals surface area contributed by atoms with Gasteiger partial charge < -0.3 is 32.4 Å². The lowest BCUT2D eigenvalue weighted by molar-refractivity contribution is -0.139. The molecule has 0 saturated carbocycles. The maximum absolute atomic E-state index is 12.3. The standard InChI is InChI=1S/C18H27N5O5/c1-11(3-2-8-22-18(20)21)17(27)23-14(16(19)26)9-12-4-6-13(7-5-12)28-10-15(24)25/h4-7,11,14H,2-3,8-10H2,1H3,(H2,19,26)(H,23,27)(H,24,25)(H4,20,21,22)/t11-,14-/m0/s1. The van der Waals surface area contributed by atoms with Gasteiger partial charge in [0.05, 0.1) is 0 Å². The largest absolute Gasteiger partial charge is 0.482 e. The van der Waals surface area contributed by atoms with E-state index >= 15 is 0 Å². The zero-order valence-corrected chi connectivity index (χ0v) is 15.8. The van der Waals surface area contributed by atoms with Crippen molar-refractivity contribution in [2.24, 2.45) is 28.1 Å². The average molecular weight is 393 g/mol. The highest BCUT2D eigenvalue weighted by Gasteiger charge is 2.21. The predicted octanol–water partition coefficient (Wildman–Crippen LogP) is -0.648. The van der Waals surface area contributed by atoms with Crippen molar-refractivity contribution >= 4 is 23.7 Å². The van der Waals surface area contributed by atoms with Gasteiger partial charge >= 0.3 is 5.97 Å². The minimum Gasteiger partial charge on any atom is -0.482 e. The smallest absolute Gasteiger partial charge is 0.341 e. The van der Waals surface area contributed by atoms with E-state index in [-0.39, 0.29) is 24.2 Å². The Morgan fingerprint density at radius 2 is 1.82 bits per heavy atom. The summed E-state index contributed by atoms with van der Waals surface area (Å²) >= 11 is 0. The molecular formula is C18H27N5O5. The van der Waals surface area contributed by atoms with E-state index in [2.05, 4.69) is 10.3 Å². The first-order valence-electron chi connectivity index (χ1n) is 8.77. The third kappa shape index (κ3) is 8.88. The van der Waals surface area contributed by atoms with E-state index in [0.717, 1.165) is 5.56 Å². The molecule has 0 aliphatic heterocycles. The van der Waals surface area contributed by atoms with Crippen LogP contribution in [0.25, 0.3) is 0 Å². The third-order valence-electron chi connectivity index (χ3n) is 3.92. The fourth-order valence-electron chi connectivity index (χ4n) is 2.38. The number of carboxylic acid groups (broad SMARTS) is 1. The summed E-state index contributed by atoms with van der Waals surface area (Å²) in [4.78, 5) is 38.4. The number of benzene rings is 1. The molecule has 2 atom stereocenters. The lowest BCUT2D eigenvalue weighted by Gasteiger charge is -2.19. The molecule has 0 unspecified atom stereocenters. The molecule has 1 aromatic carbocycles. The van der Waals surface area contributed by atoms with Gasteiger partial charge in [0.15, 0.2) is 12.6 Å². The summed E-state index contributed by atoms with van der Waals surface area (Å²) in [6.07, 6.45) is 1.40. The van der Waals surface area contributed by atoms with Gasteiger partial charge in [-0.3, -0.25) is 14.6 Å². The van der Waals surface area contributed by atoms with Crippen molar-refractivity contribution in [1.82, 2.24) is 5.32 Å². The molecule has 1 aromatic rings. The molecule has 0 radical (unpaired) electrons. The Hall–Kier alpha value is -3.30. The Kier molecular flexibility index (Phi) is 9.28. The monoisotopic (exact) mass is 393 g/mol. The summed E-state index contributed by atoms with van der Waals surface area (Å²) in [5.74, 6) is -1.94. The molecule has 0 aliphatic rings. The van der Waals surface area contributed by atoms with Crippen molar-refractivity contribution in [3.63, 3.8) is 0 Å². The second kappa shape index (κ2) is 11.4. The Morgan fingerprint density at radius 3 is 2.36 bits per heavy atom. The molecule has 8 N–H and O–H groups in total. The lowest BCUT2D eigenvalue weighted by atomic mass is 10.0. The quantitative estimate of drug-likeness (QED) is 0.177. The second-order valence-corrected chi connectivity index (χ2v) is 6.34. The van der Waals surface area contributed by atoms with Crippen molar-refractivity contribution in [2.45, 2.75) is 32.2 Å². The Labute approximate surface area is 163 Å². The Bertz CT molecular complexity index is 701. The van der Waals surface area contributed by atoms with Crippen LogP contribution < -0.4 is 27.3 Å². The highest BCUT2D eigenvalue weighted by molar-refractivity contribution is 5.87. The number of aliphatic carboxylic acids is 1. The average Bonchev–Trinajstić information content (AvgIpc) is 2.63. The number of ether oxygens (including phenoxy) is 1. The third-order valence-corrected chi connectivity index (χ3v) is 3.92. The number of carboxylic acids is 1. The van der Waals surface area contributed by atoms with Crippen molar-refractivity contribution in [3.8, 4) is 5.75 Å². The maximum Gasteiger partial charge on any atom is 0.341 e. The molecule has 28 heavy (non-hydrogen) atoms. The number of nitrogens with two attached hydrogens (primary N) is 3. The van der Waals surface area contributed by atoms with E-state index in [4.69, 9.17) is 27.0 Å². The van der Waals surface area contributed by atoms with E-state index in [1.165, 1.54) is 0 Å². The predicted molar refractivity (Wildman–Crippen MR) is 103 cm³/mol. The van der Waals surface area contributed by atoms with Crippen LogP contribution in [-0.2, 0) is 20.8 Å². The van der Waals surface area contributed by atoms with Gasteiger partial charge in [0.25, 0.3) is 0 Å². The number of hydrogen-bond acceptors (Lipinski definition) is 5. The number of guanidine groups is 1. The fourth-order valence-corrected chi connectivity index (χ4v) is 2.38. The number of carbonyl (C=O) groups excluding carboxylic acids is 2. The summed E-state index contributed by atoms with van der Waals surface area (Å²) in [5.41, 5.74) is 16.6. The first kappa shape index (κ1) is 22.7. The van der Waals surface area contributed by atoms with Gasteiger partial charge in [-0.25, -0.2) is 4.79 Å². The normalized spacial score (nSPS) is 12.5. The summed E-state index contributed by atoms with van der Waals surface area (Å²) < 4.78 is 5.05. The van der Waals surface area contributed by atoms with Crippen LogP contribution in [0.1, 0.15) is 25.3 Å². The number of amides is 2. The lowest BCUT2D eigenvalue weighted by Crippen LogP contribution is -2.47. The van der Waals surface area contributed by atoms with Gasteiger partial charge in [-0.1, -0.05) is 19.1 Å². The highest BCUT2D eigenvalue weighted by Crippen LogP contribution is 2.14. The van der Waals surface area contributed by atoms with Crippen LogP contribution >= 0.6 is 0 Å². The number of nitrogens with one attached hydrogen (secondary N) is 1. The maximum atomic E-state index is 12.3. The minimum atomic E-state index is -1.08. The van der Waals surface area contributed by atoms with E-state index < -0.39 is 24.5 Å². The molecule has 10 heteroatoms. The SMILES string of the molecule is C[C@@H](CCCN=C(N)N)C(=O)N[C@@H](Cc1ccc(OCC(=O)O)cc1)C(N)=O. The molecule has 0 spiro atoms. The van der Waals surface area contributed by atoms with Gasteiger partial charge in [-0.2, -0.15) is 0 Å². The van der Waals surface area contributed by atoms with Crippen molar-refractivity contribution in [3.05, 3.63) is 29.8 Å². The van der Waals surface area contributed by atoms with Crippen LogP contribution in [0.4, 0.5) is 0 Å². The van der Waals surface area contributed by atoms with E-state index in [0.29, 0.717) is 25.1 Å². The van der Waals surface area contributed by atoms with Crippen LogP contribution in [0.5, 0.6) is 5.75 Å². The van der Waals surface area contributed by atoms with E-state index in [9.17, 15) is 14.4 Å². The molecular weight excluding hydrogens is 366 g/mol. The van der Waals surface area contributed by atoms with Crippen molar-refractivity contribution in [1.29, 1.82) is 0 Å².